The first kappa shape index (κ1) is 13.1. The third-order valence-electron chi connectivity index (χ3n) is 2.84. The molecular formula is C13H19NOS. The standard InChI is InChI=1S/C13H19NOS/c1-4-10(3)14(5-2)13(15)11-6-8-12(16)9-7-11/h6-10,16H,4-5H2,1-3H3. The van der Waals surface area contributed by atoms with E-state index in [0.717, 1.165) is 23.4 Å². The lowest BCUT2D eigenvalue weighted by atomic mass is 10.1. The topological polar surface area (TPSA) is 20.3 Å². The van der Waals surface area contributed by atoms with E-state index >= 15 is 0 Å². The Hall–Kier alpha value is -0.960. The van der Waals surface area contributed by atoms with Crippen molar-refractivity contribution in [3.63, 3.8) is 0 Å². The fourth-order valence-electron chi connectivity index (χ4n) is 1.65. The zero-order chi connectivity index (χ0) is 12.1. The van der Waals surface area contributed by atoms with Gasteiger partial charge in [0.1, 0.15) is 0 Å². The second kappa shape index (κ2) is 5.94. The van der Waals surface area contributed by atoms with Crippen molar-refractivity contribution in [2.24, 2.45) is 0 Å². The van der Waals surface area contributed by atoms with Crippen molar-refractivity contribution in [3.8, 4) is 0 Å². The third kappa shape index (κ3) is 3.01. The summed E-state index contributed by atoms with van der Waals surface area (Å²) in [5.41, 5.74) is 0.736. The van der Waals surface area contributed by atoms with Crippen LogP contribution in [0.4, 0.5) is 0 Å². The first-order valence-corrected chi connectivity index (χ1v) is 6.14. The molecule has 0 aliphatic carbocycles. The van der Waals surface area contributed by atoms with Gasteiger partial charge >= 0.3 is 0 Å². The van der Waals surface area contributed by atoms with E-state index in [1.54, 1.807) is 0 Å². The number of carbonyl (C=O) groups is 1. The minimum absolute atomic E-state index is 0.102. The SMILES string of the molecule is CCC(C)N(CC)C(=O)c1ccc(S)cc1. The maximum absolute atomic E-state index is 12.2. The Morgan fingerprint density at radius 3 is 2.31 bits per heavy atom. The maximum atomic E-state index is 12.2. The zero-order valence-electron chi connectivity index (χ0n) is 10.1. The van der Waals surface area contributed by atoms with Gasteiger partial charge in [-0.15, -0.1) is 12.6 Å². The van der Waals surface area contributed by atoms with E-state index in [9.17, 15) is 4.79 Å². The summed E-state index contributed by atoms with van der Waals surface area (Å²) < 4.78 is 0. The molecule has 0 saturated heterocycles. The number of amides is 1. The maximum Gasteiger partial charge on any atom is 0.254 e. The van der Waals surface area contributed by atoms with Gasteiger partial charge in [-0.1, -0.05) is 6.92 Å². The van der Waals surface area contributed by atoms with Gasteiger partial charge in [0, 0.05) is 23.0 Å². The van der Waals surface area contributed by atoms with E-state index in [2.05, 4.69) is 26.5 Å². The molecule has 1 aromatic carbocycles. The summed E-state index contributed by atoms with van der Waals surface area (Å²) >= 11 is 4.21. The zero-order valence-corrected chi connectivity index (χ0v) is 11.0. The highest BCUT2D eigenvalue weighted by molar-refractivity contribution is 7.80. The first-order chi connectivity index (χ1) is 7.60. The minimum atomic E-state index is 0.102. The Morgan fingerprint density at radius 2 is 1.88 bits per heavy atom. The van der Waals surface area contributed by atoms with Crippen LogP contribution in [-0.2, 0) is 0 Å². The van der Waals surface area contributed by atoms with E-state index in [4.69, 9.17) is 0 Å². The minimum Gasteiger partial charge on any atom is -0.336 e. The molecule has 1 unspecified atom stereocenters. The van der Waals surface area contributed by atoms with E-state index < -0.39 is 0 Å². The molecule has 1 amide bonds. The van der Waals surface area contributed by atoms with Gasteiger partial charge in [-0.05, 0) is 44.5 Å². The van der Waals surface area contributed by atoms with Crippen molar-refractivity contribution in [1.29, 1.82) is 0 Å². The highest BCUT2D eigenvalue weighted by Gasteiger charge is 2.18. The van der Waals surface area contributed by atoms with E-state index in [1.165, 1.54) is 0 Å². The number of hydrogen-bond donors (Lipinski definition) is 1. The molecule has 0 aliphatic heterocycles. The van der Waals surface area contributed by atoms with Crippen molar-refractivity contribution in [1.82, 2.24) is 4.90 Å². The van der Waals surface area contributed by atoms with Crippen LogP contribution in [0.3, 0.4) is 0 Å². The van der Waals surface area contributed by atoms with Gasteiger partial charge in [-0.25, -0.2) is 0 Å². The molecule has 0 heterocycles. The molecule has 0 aliphatic rings. The molecule has 16 heavy (non-hydrogen) atoms. The summed E-state index contributed by atoms with van der Waals surface area (Å²) in [6.45, 7) is 6.93. The number of hydrogen-bond acceptors (Lipinski definition) is 2. The third-order valence-corrected chi connectivity index (χ3v) is 3.14. The molecule has 0 spiro atoms. The monoisotopic (exact) mass is 237 g/mol. The largest absolute Gasteiger partial charge is 0.336 e. The average Bonchev–Trinajstić information content (AvgIpc) is 2.30. The Bertz CT molecular complexity index is 347. The summed E-state index contributed by atoms with van der Waals surface area (Å²) in [5, 5.41) is 0. The second-order valence-electron chi connectivity index (χ2n) is 3.90. The molecule has 1 atom stereocenters. The Labute approximate surface area is 103 Å². The summed E-state index contributed by atoms with van der Waals surface area (Å²) in [6, 6.07) is 7.64. The van der Waals surface area contributed by atoms with Crippen LogP contribution >= 0.6 is 12.6 Å². The Balaban J connectivity index is 2.87. The molecule has 3 heteroatoms. The molecule has 2 nitrogen and oxygen atoms in total. The fourth-order valence-corrected chi connectivity index (χ4v) is 1.79. The number of benzene rings is 1. The van der Waals surface area contributed by atoms with Crippen LogP contribution in [0.2, 0.25) is 0 Å². The van der Waals surface area contributed by atoms with Crippen LogP contribution in [0, 0.1) is 0 Å². The summed E-state index contributed by atoms with van der Waals surface area (Å²) in [4.78, 5) is 15.0. The van der Waals surface area contributed by atoms with E-state index in [0.29, 0.717) is 0 Å². The average molecular weight is 237 g/mol. The lowest BCUT2D eigenvalue weighted by Crippen LogP contribution is -2.38. The lowest BCUT2D eigenvalue weighted by molar-refractivity contribution is 0.0700. The van der Waals surface area contributed by atoms with Crippen molar-refractivity contribution in [2.45, 2.75) is 38.1 Å². The van der Waals surface area contributed by atoms with Crippen LogP contribution in [0.15, 0.2) is 29.2 Å². The Morgan fingerprint density at radius 1 is 1.31 bits per heavy atom. The number of carbonyl (C=O) groups excluding carboxylic acids is 1. The quantitative estimate of drug-likeness (QED) is 0.797. The van der Waals surface area contributed by atoms with Crippen molar-refractivity contribution >= 4 is 18.5 Å². The molecule has 0 fully saturated rings. The fraction of sp³-hybridized carbons (Fsp3) is 0.462. The van der Waals surface area contributed by atoms with Crippen molar-refractivity contribution in [3.05, 3.63) is 29.8 Å². The van der Waals surface area contributed by atoms with Gasteiger partial charge in [0.05, 0.1) is 0 Å². The van der Waals surface area contributed by atoms with Gasteiger partial charge in [0.2, 0.25) is 0 Å². The van der Waals surface area contributed by atoms with E-state index in [1.807, 2.05) is 36.1 Å². The van der Waals surface area contributed by atoms with Gasteiger partial charge in [-0.2, -0.15) is 0 Å². The number of thiol groups is 1. The normalized spacial score (nSPS) is 12.2. The first-order valence-electron chi connectivity index (χ1n) is 5.70. The van der Waals surface area contributed by atoms with Crippen LogP contribution in [0.1, 0.15) is 37.6 Å². The molecule has 88 valence electrons. The summed E-state index contributed by atoms with van der Waals surface area (Å²) in [7, 11) is 0. The Kier molecular flexibility index (Phi) is 4.87. The van der Waals surface area contributed by atoms with Gasteiger partial charge in [0.15, 0.2) is 0 Å². The molecule has 1 aromatic rings. The van der Waals surface area contributed by atoms with Gasteiger partial charge in [-0.3, -0.25) is 4.79 Å². The van der Waals surface area contributed by atoms with E-state index in [-0.39, 0.29) is 11.9 Å². The molecule has 1 rings (SSSR count). The van der Waals surface area contributed by atoms with Crippen LogP contribution < -0.4 is 0 Å². The van der Waals surface area contributed by atoms with Gasteiger partial charge < -0.3 is 4.90 Å². The summed E-state index contributed by atoms with van der Waals surface area (Å²) in [6.07, 6.45) is 0.976. The number of rotatable bonds is 4. The lowest BCUT2D eigenvalue weighted by Gasteiger charge is -2.27. The molecular weight excluding hydrogens is 218 g/mol. The predicted molar refractivity (Wildman–Crippen MR) is 70.2 cm³/mol. The van der Waals surface area contributed by atoms with Crippen LogP contribution in [0.25, 0.3) is 0 Å². The van der Waals surface area contributed by atoms with Crippen molar-refractivity contribution < 1.29 is 4.79 Å². The molecule has 0 saturated carbocycles. The van der Waals surface area contributed by atoms with Crippen molar-refractivity contribution in [2.75, 3.05) is 6.54 Å². The predicted octanol–water partition coefficient (Wildman–Crippen LogP) is 3.24. The molecule has 0 aromatic heterocycles. The summed E-state index contributed by atoms with van der Waals surface area (Å²) in [5.74, 6) is 0.102. The molecule has 0 bridgehead atoms. The number of nitrogens with zero attached hydrogens (tertiary/aromatic N) is 1. The highest BCUT2D eigenvalue weighted by Crippen LogP contribution is 2.13. The smallest absolute Gasteiger partial charge is 0.254 e. The second-order valence-corrected chi connectivity index (χ2v) is 4.41. The van der Waals surface area contributed by atoms with Gasteiger partial charge in [0.25, 0.3) is 5.91 Å². The van der Waals surface area contributed by atoms with Crippen LogP contribution in [0.5, 0.6) is 0 Å². The van der Waals surface area contributed by atoms with Crippen LogP contribution in [-0.4, -0.2) is 23.4 Å². The molecule has 0 radical (unpaired) electrons. The highest BCUT2D eigenvalue weighted by atomic mass is 32.1. The molecule has 0 N–H and O–H groups in total.